The van der Waals surface area contributed by atoms with E-state index in [0.717, 1.165) is 21.4 Å². The van der Waals surface area contributed by atoms with E-state index < -0.39 is 6.03 Å². The fourth-order valence-corrected chi connectivity index (χ4v) is 3.17. The SMILES string of the molecule is COc1cc(/C=C2/NC(=O)N(C)C2=O)ccc1OCc1ccc2ccccc2c1. The molecule has 1 fully saturated rings. The highest BCUT2D eigenvalue weighted by molar-refractivity contribution is 6.13. The second-order valence-electron chi connectivity index (χ2n) is 6.73. The van der Waals surface area contributed by atoms with Gasteiger partial charge in [-0.3, -0.25) is 9.69 Å². The van der Waals surface area contributed by atoms with Crippen LogP contribution in [0.25, 0.3) is 16.8 Å². The number of likely N-dealkylation sites (N-methyl/N-ethyl adjacent to an activating group) is 1. The Morgan fingerprint density at radius 1 is 0.966 bits per heavy atom. The Hall–Kier alpha value is -3.80. The summed E-state index contributed by atoms with van der Waals surface area (Å²) < 4.78 is 11.4. The van der Waals surface area contributed by atoms with Gasteiger partial charge in [-0.15, -0.1) is 0 Å². The molecular formula is C23H20N2O4. The van der Waals surface area contributed by atoms with Crippen LogP contribution in [-0.2, 0) is 11.4 Å². The Bertz CT molecular complexity index is 1140. The molecule has 1 N–H and O–H groups in total. The molecule has 3 amide bonds. The minimum absolute atomic E-state index is 0.226. The Morgan fingerprint density at radius 2 is 1.76 bits per heavy atom. The molecule has 0 saturated carbocycles. The number of urea groups is 1. The van der Waals surface area contributed by atoms with Crippen molar-refractivity contribution >= 4 is 28.8 Å². The molecule has 146 valence electrons. The van der Waals surface area contributed by atoms with Gasteiger partial charge < -0.3 is 14.8 Å². The first kappa shape index (κ1) is 18.6. The quantitative estimate of drug-likeness (QED) is 0.531. The van der Waals surface area contributed by atoms with E-state index in [1.807, 2.05) is 24.3 Å². The number of benzene rings is 3. The lowest BCUT2D eigenvalue weighted by Gasteiger charge is -2.12. The van der Waals surface area contributed by atoms with Gasteiger partial charge >= 0.3 is 6.03 Å². The number of carbonyl (C=O) groups excluding carboxylic acids is 2. The summed E-state index contributed by atoms with van der Waals surface area (Å²) in [6.45, 7) is 0.404. The van der Waals surface area contributed by atoms with Gasteiger partial charge in [0.2, 0.25) is 0 Å². The Balaban J connectivity index is 1.52. The Labute approximate surface area is 168 Å². The van der Waals surface area contributed by atoms with Crippen molar-refractivity contribution in [3.8, 4) is 11.5 Å². The van der Waals surface area contributed by atoms with Crippen LogP contribution in [0.1, 0.15) is 11.1 Å². The molecule has 3 aromatic carbocycles. The van der Waals surface area contributed by atoms with Crippen molar-refractivity contribution in [2.24, 2.45) is 0 Å². The molecule has 0 unspecified atom stereocenters. The average molecular weight is 388 g/mol. The van der Waals surface area contributed by atoms with Gasteiger partial charge in [0, 0.05) is 7.05 Å². The molecule has 0 aromatic heterocycles. The minimum atomic E-state index is -0.441. The summed E-state index contributed by atoms with van der Waals surface area (Å²) in [5.41, 5.74) is 2.00. The number of hydrogen-bond donors (Lipinski definition) is 1. The zero-order chi connectivity index (χ0) is 20.4. The smallest absolute Gasteiger partial charge is 0.328 e. The third kappa shape index (κ3) is 3.78. The third-order valence-corrected chi connectivity index (χ3v) is 4.79. The van der Waals surface area contributed by atoms with Crippen LogP contribution in [0, 0.1) is 0 Å². The van der Waals surface area contributed by atoms with Gasteiger partial charge in [0.15, 0.2) is 11.5 Å². The van der Waals surface area contributed by atoms with Crippen LogP contribution >= 0.6 is 0 Å². The zero-order valence-corrected chi connectivity index (χ0v) is 16.1. The predicted octanol–water partition coefficient (Wildman–Crippen LogP) is 3.95. The van der Waals surface area contributed by atoms with Crippen molar-refractivity contribution in [2.75, 3.05) is 14.2 Å². The molecule has 0 spiro atoms. The molecule has 6 heteroatoms. The van der Waals surface area contributed by atoms with Crippen molar-refractivity contribution in [2.45, 2.75) is 6.61 Å². The highest BCUT2D eigenvalue weighted by Crippen LogP contribution is 2.30. The van der Waals surface area contributed by atoms with Crippen LogP contribution in [0.2, 0.25) is 0 Å². The van der Waals surface area contributed by atoms with E-state index in [2.05, 4.69) is 29.6 Å². The number of ether oxygens (including phenoxy) is 2. The molecule has 1 saturated heterocycles. The van der Waals surface area contributed by atoms with Crippen LogP contribution in [0.15, 0.2) is 66.4 Å². The summed E-state index contributed by atoms with van der Waals surface area (Å²) in [6, 6.07) is 19.3. The van der Waals surface area contributed by atoms with Crippen LogP contribution in [0.4, 0.5) is 4.79 Å². The maximum atomic E-state index is 12.0. The molecule has 0 radical (unpaired) electrons. The molecule has 0 atom stereocenters. The van der Waals surface area contributed by atoms with E-state index >= 15 is 0 Å². The number of methoxy groups -OCH3 is 1. The predicted molar refractivity (Wildman–Crippen MR) is 111 cm³/mol. The first-order chi connectivity index (χ1) is 14.0. The van der Waals surface area contributed by atoms with Crippen LogP contribution in [0.3, 0.4) is 0 Å². The van der Waals surface area contributed by atoms with Gasteiger partial charge in [-0.25, -0.2) is 4.79 Å². The number of amides is 3. The first-order valence-corrected chi connectivity index (χ1v) is 9.14. The molecule has 1 heterocycles. The maximum absolute atomic E-state index is 12.0. The number of hydrogen-bond acceptors (Lipinski definition) is 4. The number of nitrogens with one attached hydrogen (secondary N) is 1. The lowest BCUT2D eigenvalue weighted by atomic mass is 10.1. The Morgan fingerprint density at radius 3 is 2.48 bits per heavy atom. The van der Waals surface area contributed by atoms with Crippen molar-refractivity contribution in [1.29, 1.82) is 0 Å². The first-order valence-electron chi connectivity index (χ1n) is 9.14. The van der Waals surface area contributed by atoms with Gasteiger partial charge in [0.25, 0.3) is 5.91 Å². The normalized spacial score (nSPS) is 15.1. The molecule has 6 nitrogen and oxygen atoms in total. The largest absolute Gasteiger partial charge is 0.493 e. The monoisotopic (exact) mass is 388 g/mol. The Kier molecular flexibility index (Phi) is 4.91. The van der Waals surface area contributed by atoms with Crippen molar-refractivity contribution in [3.63, 3.8) is 0 Å². The number of nitrogens with zero attached hydrogens (tertiary/aromatic N) is 1. The molecule has 0 aliphatic carbocycles. The lowest BCUT2D eigenvalue weighted by Crippen LogP contribution is -2.25. The van der Waals surface area contributed by atoms with E-state index in [1.54, 1.807) is 25.3 Å². The van der Waals surface area contributed by atoms with Gasteiger partial charge in [0.1, 0.15) is 12.3 Å². The van der Waals surface area contributed by atoms with E-state index in [4.69, 9.17) is 9.47 Å². The molecule has 1 aliphatic heterocycles. The summed E-state index contributed by atoms with van der Waals surface area (Å²) in [4.78, 5) is 24.6. The van der Waals surface area contributed by atoms with Gasteiger partial charge in [0.05, 0.1) is 7.11 Å². The average Bonchev–Trinajstić information content (AvgIpc) is 2.99. The topological polar surface area (TPSA) is 67.9 Å². The number of carbonyl (C=O) groups is 2. The second kappa shape index (κ2) is 7.67. The van der Waals surface area contributed by atoms with Gasteiger partial charge in [-0.1, -0.05) is 42.5 Å². The standard InChI is InChI=1S/C23H20N2O4/c1-25-22(26)19(24-23(25)27)12-15-8-10-20(21(13-15)28-2)29-14-16-7-9-17-5-3-4-6-18(17)11-16/h3-13H,14H2,1-2H3,(H,24,27)/b19-12+. The molecule has 1 aliphatic rings. The molecular weight excluding hydrogens is 368 g/mol. The summed E-state index contributed by atoms with van der Waals surface area (Å²) in [5, 5.41) is 4.89. The number of fused-ring (bicyclic) bond motifs is 1. The fourth-order valence-electron chi connectivity index (χ4n) is 3.17. The molecule has 4 rings (SSSR count). The number of rotatable bonds is 5. The summed E-state index contributed by atoms with van der Waals surface area (Å²) >= 11 is 0. The van der Waals surface area contributed by atoms with E-state index in [0.29, 0.717) is 18.1 Å². The summed E-state index contributed by atoms with van der Waals surface area (Å²) in [5.74, 6) is 0.776. The van der Waals surface area contributed by atoms with Crippen LogP contribution in [-0.4, -0.2) is 31.0 Å². The van der Waals surface area contributed by atoms with E-state index in [1.165, 1.54) is 12.4 Å². The summed E-state index contributed by atoms with van der Waals surface area (Å²) in [7, 11) is 2.99. The van der Waals surface area contributed by atoms with Crippen LogP contribution < -0.4 is 14.8 Å². The highest BCUT2D eigenvalue weighted by Gasteiger charge is 2.29. The lowest BCUT2D eigenvalue weighted by molar-refractivity contribution is -0.121. The zero-order valence-electron chi connectivity index (χ0n) is 16.1. The van der Waals surface area contributed by atoms with E-state index in [9.17, 15) is 9.59 Å². The third-order valence-electron chi connectivity index (χ3n) is 4.79. The highest BCUT2D eigenvalue weighted by atomic mass is 16.5. The van der Waals surface area contributed by atoms with Gasteiger partial charge in [-0.2, -0.15) is 0 Å². The van der Waals surface area contributed by atoms with Crippen molar-refractivity contribution in [3.05, 3.63) is 77.5 Å². The second-order valence-corrected chi connectivity index (χ2v) is 6.73. The minimum Gasteiger partial charge on any atom is -0.493 e. The van der Waals surface area contributed by atoms with E-state index in [-0.39, 0.29) is 11.6 Å². The summed E-state index contributed by atoms with van der Waals surface area (Å²) in [6.07, 6.45) is 1.61. The maximum Gasteiger partial charge on any atom is 0.328 e. The van der Waals surface area contributed by atoms with Crippen molar-refractivity contribution in [1.82, 2.24) is 10.2 Å². The molecule has 3 aromatic rings. The van der Waals surface area contributed by atoms with Gasteiger partial charge in [-0.05, 0) is 46.2 Å². The van der Waals surface area contributed by atoms with Crippen LogP contribution in [0.5, 0.6) is 11.5 Å². The van der Waals surface area contributed by atoms with Crippen molar-refractivity contribution < 1.29 is 19.1 Å². The molecule has 29 heavy (non-hydrogen) atoms. The molecule has 0 bridgehead atoms. The number of imide groups is 1. The fraction of sp³-hybridized carbons (Fsp3) is 0.130.